The molecule has 0 fully saturated rings. The zero-order valence-corrected chi connectivity index (χ0v) is 8.10. The van der Waals surface area contributed by atoms with E-state index in [4.69, 9.17) is 0 Å². The van der Waals surface area contributed by atoms with Gasteiger partial charge in [-0.25, -0.2) is 0 Å². The van der Waals surface area contributed by atoms with Crippen molar-refractivity contribution in [2.75, 3.05) is 19.6 Å². The Balaban J connectivity index is 3.34. The predicted octanol–water partition coefficient (Wildman–Crippen LogP) is 2.72. The smallest absolute Gasteiger partial charge is 0.00187 e. The molecule has 1 radical (unpaired) electrons. The lowest BCUT2D eigenvalue weighted by molar-refractivity contribution is 0.272. The third-order valence-electron chi connectivity index (χ3n) is 1.80. The van der Waals surface area contributed by atoms with Gasteiger partial charge < -0.3 is 4.90 Å². The van der Waals surface area contributed by atoms with Gasteiger partial charge in [-0.15, -0.1) is 0 Å². The van der Waals surface area contributed by atoms with E-state index in [2.05, 4.69) is 25.7 Å². The minimum atomic E-state index is 1.07. The van der Waals surface area contributed by atoms with E-state index in [-0.39, 0.29) is 0 Å². The van der Waals surface area contributed by atoms with E-state index in [1.54, 1.807) is 0 Å². The monoisotopic (exact) mass is 156 g/mol. The minimum Gasteiger partial charge on any atom is -0.303 e. The van der Waals surface area contributed by atoms with E-state index in [1.807, 2.05) is 0 Å². The molecular weight excluding hydrogens is 134 g/mol. The Morgan fingerprint density at radius 1 is 1.00 bits per heavy atom. The van der Waals surface area contributed by atoms with Crippen LogP contribution in [0.1, 0.15) is 39.5 Å². The van der Waals surface area contributed by atoms with Crippen LogP contribution in [0.3, 0.4) is 0 Å². The number of hydrogen-bond acceptors (Lipinski definition) is 1. The minimum absolute atomic E-state index is 1.07. The number of rotatable bonds is 7. The molecule has 0 heterocycles. The van der Waals surface area contributed by atoms with Crippen molar-refractivity contribution >= 4 is 0 Å². The summed E-state index contributed by atoms with van der Waals surface area (Å²) in [6, 6.07) is 0. The predicted molar refractivity (Wildman–Crippen MR) is 51.6 cm³/mol. The van der Waals surface area contributed by atoms with Gasteiger partial charge in [0.05, 0.1) is 0 Å². The molecule has 0 amide bonds. The maximum Gasteiger partial charge on any atom is -0.00187 e. The van der Waals surface area contributed by atoms with E-state index < -0.39 is 0 Å². The van der Waals surface area contributed by atoms with E-state index in [1.165, 1.54) is 38.9 Å². The highest BCUT2D eigenvalue weighted by atomic mass is 15.1. The van der Waals surface area contributed by atoms with Crippen LogP contribution < -0.4 is 0 Å². The van der Waals surface area contributed by atoms with Gasteiger partial charge in [0, 0.05) is 0 Å². The Morgan fingerprint density at radius 3 is 1.91 bits per heavy atom. The fourth-order valence-electron chi connectivity index (χ4n) is 1.30. The van der Waals surface area contributed by atoms with Crippen LogP contribution in [0.4, 0.5) is 0 Å². The summed E-state index contributed by atoms with van der Waals surface area (Å²) in [5.74, 6) is 0. The van der Waals surface area contributed by atoms with Crippen LogP contribution in [0.25, 0.3) is 0 Å². The molecule has 1 nitrogen and oxygen atoms in total. The molecule has 0 aromatic rings. The Kier molecular flexibility index (Phi) is 8.03. The second-order valence-corrected chi connectivity index (χ2v) is 3.05. The molecule has 0 aliphatic rings. The lowest BCUT2D eigenvalue weighted by atomic mass is 10.3. The van der Waals surface area contributed by atoms with Crippen LogP contribution in [0, 0.1) is 6.92 Å². The van der Waals surface area contributed by atoms with Gasteiger partial charge in [-0.2, -0.15) is 0 Å². The van der Waals surface area contributed by atoms with Crippen molar-refractivity contribution in [3.8, 4) is 0 Å². The highest BCUT2D eigenvalue weighted by Crippen LogP contribution is 1.97. The molecule has 67 valence electrons. The van der Waals surface area contributed by atoms with Crippen molar-refractivity contribution < 1.29 is 0 Å². The largest absolute Gasteiger partial charge is 0.303 e. The van der Waals surface area contributed by atoms with E-state index in [9.17, 15) is 0 Å². The normalized spacial score (nSPS) is 10.9. The second-order valence-electron chi connectivity index (χ2n) is 3.05. The molecule has 0 saturated heterocycles. The molecule has 11 heavy (non-hydrogen) atoms. The average molecular weight is 156 g/mol. The van der Waals surface area contributed by atoms with Gasteiger partial charge in [0.15, 0.2) is 0 Å². The molecule has 0 aromatic heterocycles. The summed E-state index contributed by atoms with van der Waals surface area (Å²) in [6.45, 7) is 12.1. The second kappa shape index (κ2) is 8.06. The van der Waals surface area contributed by atoms with Crippen LogP contribution in [-0.4, -0.2) is 24.5 Å². The maximum atomic E-state index is 3.85. The molecule has 0 rings (SSSR count). The Bertz CT molecular complexity index is 65.3. The summed E-state index contributed by atoms with van der Waals surface area (Å²) in [4.78, 5) is 2.53. The fourth-order valence-corrected chi connectivity index (χ4v) is 1.30. The van der Waals surface area contributed by atoms with Gasteiger partial charge in [-0.1, -0.05) is 27.2 Å². The number of nitrogens with zero attached hydrogens (tertiary/aromatic N) is 1. The quantitative estimate of drug-likeness (QED) is 0.548. The summed E-state index contributed by atoms with van der Waals surface area (Å²) in [6.07, 6.45) is 4.87. The number of hydrogen-bond donors (Lipinski definition) is 0. The first-order valence-electron chi connectivity index (χ1n) is 4.86. The molecule has 0 aromatic carbocycles. The van der Waals surface area contributed by atoms with Crippen molar-refractivity contribution in [3.05, 3.63) is 6.92 Å². The molecule has 0 unspecified atom stereocenters. The molecule has 1 heteroatoms. The van der Waals surface area contributed by atoms with E-state index >= 15 is 0 Å². The first-order valence-corrected chi connectivity index (χ1v) is 4.86. The zero-order valence-electron chi connectivity index (χ0n) is 8.10. The Morgan fingerprint density at radius 2 is 1.55 bits per heavy atom. The molecule has 0 atom stereocenters. The summed E-state index contributed by atoms with van der Waals surface area (Å²) in [5.41, 5.74) is 0. The Hall–Kier alpha value is -0.0400. The van der Waals surface area contributed by atoms with E-state index in [0.717, 1.165) is 6.42 Å². The fraction of sp³-hybridized carbons (Fsp3) is 0.900. The van der Waals surface area contributed by atoms with Gasteiger partial charge in [0.25, 0.3) is 0 Å². The lowest BCUT2D eigenvalue weighted by Gasteiger charge is -2.20. The third kappa shape index (κ3) is 6.36. The first kappa shape index (κ1) is 11.0. The molecule has 0 aliphatic carbocycles. The van der Waals surface area contributed by atoms with Crippen molar-refractivity contribution in [1.29, 1.82) is 0 Å². The third-order valence-corrected chi connectivity index (χ3v) is 1.80. The van der Waals surface area contributed by atoms with Crippen LogP contribution in [0.15, 0.2) is 0 Å². The average Bonchev–Trinajstić information content (AvgIpc) is 2.01. The molecule has 0 saturated carbocycles. The topological polar surface area (TPSA) is 3.24 Å². The first-order chi connectivity index (χ1) is 5.35. The van der Waals surface area contributed by atoms with Gasteiger partial charge >= 0.3 is 0 Å². The van der Waals surface area contributed by atoms with Gasteiger partial charge in [0.2, 0.25) is 0 Å². The van der Waals surface area contributed by atoms with Crippen molar-refractivity contribution in [2.24, 2.45) is 0 Å². The van der Waals surface area contributed by atoms with Crippen LogP contribution in [0.5, 0.6) is 0 Å². The van der Waals surface area contributed by atoms with E-state index in [0.29, 0.717) is 0 Å². The zero-order chi connectivity index (χ0) is 8.53. The summed E-state index contributed by atoms with van der Waals surface area (Å²) in [5, 5.41) is 0. The SMILES string of the molecule is [CH2]CCCN(CCC)CCC. The maximum absolute atomic E-state index is 3.85. The summed E-state index contributed by atoms with van der Waals surface area (Å²) >= 11 is 0. The summed E-state index contributed by atoms with van der Waals surface area (Å²) in [7, 11) is 0. The molecular formula is C10H22N. The van der Waals surface area contributed by atoms with Crippen LogP contribution in [0.2, 0.25) is 0 Å². The standard InChI is InChI=1S/C10H22N/c1-4-7-10-11(8-5-2)9-6-3/h1,4-10H2,2-3H3. The van der Waals surface area contributed by atoms with Crippen molar-refractivity contribution in [2.45, 2.75) is 39.5 Å². The molecule has 0 N–H and O–H groups in total. The molecule has 0 aliphatic heterocycles. The van der Waals surface area contributed by atoms with Crippen LogP contribution in [-0.2, 0) is 0 Å². The van der Waals surface area contributed by atoms with Gasteiger partial charge in [-0.3, -0.25) is 0 Å². The van der Waals surface area contributed by atoms with Gasteiger partial charge in [-0.05, 0) is 38.9 Å². The van der Waals surface area contributed by atoms with Crippen molar-refractivity contribution in [1.82, 2.24) is 4.90 Å². The van der Waals surface area contributed by atoms with Crippen LogP contribution >= 0.6 is 0 Å². The lowest BCUT2D eigenvalue weighted by Crippen LogP contribution is -2.26. The van der Waals surface area contributed by atoms with Gasteiger partial charge in [0.1, 0.15) is 0 Å². The summed E-state index contributed by atoms with van der Waals surface area (Å²) < 4.78 is 0. The van der Waals surface area contributed by atoms with Crippen molar-refractivity contribution in [3.63, 3.8) is 0 Å². The highest BCUT2D eigenvalue weighted by molar-refractivity contribution is 4.56. The highest BCUT2D eigenvalue weighted by Gasteiger charge is 1.99. The Labute approximate surface area is 71.8 Å². The molecule has 0 spiro atoms. The number of unbranched alkanes of at least 4 members (excludes halogenated alkanes) is 1. The molecule has 0 bridgehead atoms.